The normalized spacial score (nSPS) is 13.6. The van der Waals surface area contributed by atoms with Crippen LogP contribution in [0, 0.1) is 0 Å². The van der Waals surface area contributed by atoms with Crippen molar-refractivity contribution in [2.75, 3.05) is 14.5 Å². The second-order valence-corrected chi connectivity index (χ2v) is 18.5. The molecule has 2 heterocycles. The van der Waals surface area contributed by atoms with Crippen LogP contribution >= 0.6 is 0 Å². The molecule has 0 N–H and O–H groups in total. The summed E-state index contributed by atoms with van der Waals surface area (Å²) in [6, 6.07) is 89.4. The predicted octanol–water partition coefficient (Wildman–Crippen LogP) is 16.1. The average Bonchev–Trinajstić information content (AvgIpc) is 3.62. The van der Waals surface area contributed by atoms with Gasteiger partial charge in [0.05, 0.1) is 0 Å². The van der Waals surface area contributed by atoms with E-state index in [0.29, 0.717) is 0 Å². The number of benzene rings is 10. The Morgan fingerprint density at radius 3 is 1.30 bits per heavy atom. The first-order chi connectivity index (χ1) is 33.0. The van der Waals surface area contributed by atoms with E-state index < -0.39 is 0 Å². The molecule has 1 aliphatic carbocycles. The van der Waals surface area contributed by atoms with E-state index in [4.69, 9.17) is 0 Å². The van der Waals surface area contributed by atoms with Crippen LogP contribution < -0.4 is 20.0 Å². The number of rotatable bonds is 7. The lowest BCUT2D eigenvalue weighted by atomic mass is 9.53. The highest BCUT2D eigenvalue weighted by Gasteiger charge is 2.47. The van der Waals surface area contributed by atoms with Crippen LogP contribution in [0.15, 0.2) is 243 Å². The second-order valence-electron chi connectivity index (χ2n) is 18.5. The number of fused-ring (bicyclic) bond motifs is 7. The van der Waals surface area contributed by atoms with Gasteiger partial charge in [-0.1, -0.05) is 172 Å². The van der Waals surface area contributed by atoms with E-state index >= 15 is 0 Å². The third kappa shape index (κ3) is 6.21. The topological polar surface area (TPSA) is 9.72 Å². The highest BCUT2D eigenvalue weighted by atomic mass is 15.2. The first kappa shape index (κ1) is 39.1. The van der Waals surface area contributed by atoms with Crippen LogP contribution in [0.1, 0.15) is 25.0 Å². The zero-order valence-corrected chi connectivity index (χ0v) is 37.5. The monoisotopic (exact) mass is 855 g/mol. The minimum atomic E-state index is -0.122. The fourth-order valence-corrected chi connectivity index (χ4v) is 11.3. The molecule has 3 aliphatic rings. The lowest BCUT2D eigenvalue weighted by molar-refractivity contribution is 0.660. The minimum Gasteiger partial charge on any atom is -0.361 e. The maximum Gasteiger partial charge on any atom is 0.421 e. The first-order valence-electron chi connectivity index (χ1n) is 23.4. The van der Waals surface area contributed by atoms with E-state index in [1.807, 2.05) is 0 Å². The molecule has 0 unspecified atom stereocenters. The van der Waals surface area contributed by atoms with Crippen molar-refractivity contribution in [1.82, 2.24) is 0 Å². The van der Waals surface area contributed by atoms with Crippen LogP contribution in [0.4, 0.5) is 39.8 Å². The molecule has 4 heteroatoms. The van der Waals surface area contributed by atoms with Crippen molar-refractivity contribution in [3.8, 4) is 55.6 Å². The Balaban J connectivity index is 0.964. The third-order valence-corrected chi connectivity index (χ3v) is 14.4. The number of hydrogen-bond acceptors (Lipinski definition) is 3. The van der Waals surface area contributed by atoms with Gasteiger partial charge in [0, 0.05) is 56.4 Å². The molecule has 3 nitrogen and oxygen atoms in total. The molecule has 10 aromatic rings. The average molecular weight is 856 g/mol. The summed E-state index contributed by atoms with van der Waals surface area (Å²) in [4.78, 5) is 7.50. The zero-order chi connectivity index (χ0) is 44.6. The van der Waals surface area contributed by atoms with Crippen molar-refractivity contribution in [3.05, 3.63) is 254 Å². The highest BCUT2D eigenvalue weighted by Crippen LogP contribution is 2.52. The molecule has 0 saturated heterocycles. The summed E-state index contributed by atoms with van der Waals surface area (Å²) in [5.74, 6) is 0. The van der Waals surface area contributed by atoms with Crippen LogP contribution in [0.5, 0.6) is 0 Å². The first-order valence-corrected chi connectivity index (χ1v) is 23.4. The van der Waals surface area contributed by atoms with Crippen LogP contribution in [-0.4, -0.2) is 6.98 Å². The lowest BCUT2D eigenvalue weighted by Gasteiger charge is -2.47. The van der Waals surface area contributed by atoms with Gasteiger partial charge < -0.3 is 14.5 Å². The predicted molar refractivity (Wildman–Crippen MR) is 283 cm³/mol. The third-order valence-electron chi connectivity index (χ3n) is 14.4. The lowest BCUT2D eigenvalue weighted by Crippen LogP contribution is -2.61. The molecule has 13 rings (SSSR count). The Labute approximate surface area is 393 Å². The Kier molecular flexibility index (Phi) is 8.98. The van der Waals surface area contributed by atoms with Gasteiger partial charge in [-0.15, -0.1) is 0 Å². The van der Waals surface area contributed by atoms with Gasteiger partial charge in [-0.2, -0.15) is 0 Å². The van der Waals surface area contributed by atoms with Crippen LogP contribution in [-0.2, 0) is 5.41 Å². The summed E-state index contributed by atoms with van der Waals surface area (Å²) in [6.45, 7) is 4.60. The molecular formula is C63H46BN3. The van der Waals surface area contributed by atoms with Gasteiger partial charge in [-0.3, -0.25) is 0 Å². The number of para-hydroxylation sites is 4. The second kappa shape index (κ2) is 15.4. The highest BCUT2D eigenvalue weighted by molar-refractivity contribution is 6.86. The van der Waals surface area contributed by atoms with Gasteiger partial charge in [0.25, 0.3) is 0 Å². The van der Waals surface area contributed by atoms with Crippen molar-refractivity contribution in [1.29, 1.82) is 0 Å². The number of nitrogens with zero attached hydrogens (tertiary/aromatic N) is 3. The molecule has 0 amide bonds. The number of hydrogen-bond donors (Lipinski definition) is 0. The molecule has 0 radical (unpaired) electrons. The molecule has 0 atom stereocenters. The quantitative estimate of drug-likeness (QED) is 0.148. The summed E-state index contributed by atoms with van der Waals surface area (Å²) < 4.78 is 0. The molecule has 10 aromatic carbocycles. The van der Waals surface area contributed by atoms with Crippen molar-refractivity contribution in [3.63, 3.8) is 0 Å². The molecule has 0 bridgehead atoms. The largest absolute Gasteiger partial charge is 0.421 e. The maximum absolute atomic E-state index is 2.54. The van der Waals surface area contributed by atoms with Crippen molar-refractivity contribution in [2.45, 2.75) is 19.3 Å². The van der Waals surface area contributed by atoms with Crippen molar-refractivity contribution < 1.29 is 0 Å². The SMILES string of the molecule is CC1(C)c2ccccc2-c2ccc(N(c3ccc(-c4ccccc4)cc3)c3ccc(-c4cc5c6c(c4)-c4ccccc4N(c4ccccc4)B6N(c4ccccc4)c4ccccc4-5)cc3)cc21. The Hall–Kier alpha value is -8.34. The van der Waals surface area contributed by atoms with E-state index in [-0.39, 0.29) is 12.4 Å². The van der Waals surface area contributed by atoms with Crippen LogP contribution in [0.25, 0.3) is 55.6 Å². The molecule has 0 aromatic heterocycles. The Morgan fingerprint density at radius 2 is 0.746 bits per heavy atom. The summed E-state index contributed by atoms with van der Waals surface area (Å²) in [5.41, 5.74) is 24.4. The van der Waals surface area contributed by atoms with Gasteiger partial charge in [-0.25, -0.2) is 0 Å². The van der Waals surface area contributed by atoms with Crippen molar-refractivity contribution >= 4 is 52.3 Å². The van der Waals surface area contributed by atoms with Crippen LogP contribution in [0.3, 0.4) is 0 Å². The Morgan fingerprint density at radius 1 is 0.328 bits per heavy atom. The van der Waals surface area contributed by atoms with Gasteiger partial charge in [-0.05, 0) is 146 Å². The minimum absolute atomic E-state index is 0.117. The van der Waals surface area contributed by atoms with Gasteiger partial charge in [0.1, 0.15) is 0 Å². The number of anilines is 7. The summed E-state index contributed by atoms with van der Waals surface area (Å²) in [6.07, 6.45) is 0. The Bertz CT molecular complexity index is 3380. The van der Waals surface area contributed by atoms with E-state index in [2.05, 4.69) is 271 Å². The van der Waals surface area contributed by atoms with Crippen LogP contribution in [0.2, 0.25) is 0 Å². The van der Waals surface area contributed by atoms with E-state index in [9.17, 15) is 0 Å². The summed E-state index contributed by atoms with van der Waals surface area (Å²) >= 11 is 0. The van der Waals surface area contributed by atoms with Gasteiger partial charge in [0.2, 0.25) is 0 Å². The zero-order valence-electron chi connectivity index (χ0n) is 37.5. The van der Waals surface area contributed by atoms with Gasteiger partial charge >= 0.3 is 6.98 Å². The molecule has 2 aliphatic heterocycles. The van der Waals surface area contributed by atoms with E-state index in [0.717, 1.165) is 28.4 Å². The van der Waals surface area contributed by atoms with E-state index in [1.54, 1.807) is 0 Å². The molecule has 316 valence electrons. The van der Waals surface area contributed by atoms with E-state index in [1.165, 1.54) is 83.6 Å². The van der Waals surface area contributed by atoms with Gasteiger partial charge in [0.15, 0.2) is 0 Å². The molecule has 0 fully saturated rings. The fourth-order valence-electron chi connectivity index (χ4n) is 11.3. The summed E-state index contributed by atoms with van der Waals surface area (Å²) in [5, 5.41) is 0. The fraction of sp³-hybridized carbons (Fsp3) is 0.0476. The molecule has 67 heavy (non-hydrogen) atoms. The summed E-state index contributed by atoms with van der Waals surface area (Å²) in [7, 11) is 0. The smallest absolute Gasteiger partial charge is 0.361 e. The van der Waals surface area contributed by atoms with Crippen molar-refractivity contribution in [2.24, 2.45) is 0 Å². The molecular weight excluding hydrogens is 810 g/mol. The molecule has 0 saturated carbocycles. The maximum atomic E-state index is 2.54. The molecule has 0 spiro atoms. The standard InChI is InChI=1S/C63H46BN3/c1-63(2)58-27-15-12-24-52(58)53-39-38-51(42-59(53)63)65(47-34-30-44(31-35-47)43-18-6-3-7-19-43)48-36-32-45(33-37-48)46-40-56-54-25-13-16-28-60(54)66(49-20-8-4-9-21-49)64-62(56)57(41-46)55-26-14-17-29-61(55)67(64)50-22-10-5-11-23-50/h3-42H,1-2H3.